The second-order valence-electron chi connectivity index (χ2n) is 8.63. The van der Waals surface area contributed by atoms with Gasteiger partial charge in [0.25, 0.3) is 0 Å². The van der Waals surface area contributed by atoms with Crippen molar-refractivity contribution in [2.75, 3.05) is 25.0 Å². The van der Waals surface area contributed by atoms with Crippen LogP contribution >= 0.6 is 11.3 Å². The van der Waals surface area contributed by atoms with Crippen molar-refractivity contribution in [1.29, 1.82) is 5.41 Å². The fraction of sp³-hybridized carbons (Fsp3) is 0.357. The van der Waals surface area contributed by atoms with Crippen LogP contribution in [0.15, 0.2) is 60.0 Å². The summed E-state index contributed by atoms with van der Waals surface area (Å²) in [6, 6.07) is 19.2. The van der Waals surface area contributed by atoms with Gasteiger partial charge in [0.2, 0.25) is 0 Å². The molecule has 5 nitrogen and oxygen atoms in total. The lowest BCUT2D eigenvalue weighted by atomic mass is 10.1. The summed E-state index contributed by atoms with van der Waals surface area (Å²) in [4.78, 5) is 8.44. The van der Waals surface area contributed by atoms with E-state index in [2.05, 4.69) is 78.0 Å². The molecule has 0 unspecified atom stereocenters. The lowest BCUT2D eigenvalue weighted by molar-refractivity contribution is 0.291. The molecule has 4 aromatic rings. The topological polar surface area (TPSA) is 56.9 Å². The molecule has 0 spiro atoms. The van der Waals surface area contributed by atoms with E-state index in [1.54, 1.807) is 11.3 Å². The summed E-state index contributed by atoms with van der Waals surface area (Å²) in [6.07, 6.45) is 3.10. The van der Waals surface area contributed by atoms with Crippen molar-refractivity contribution in [3.05, 3.63) is 81.8 Å². The summed E-state index contributed by atoms with van der Waals surface area (Å²) in [5, 5.41) is 13.6. The van der Waals surface area contributed by atoms with E-state index >= 15 is 0 Å². The molecule has 0 saturated heterocycles. The number of amidine groups is 1. The minimum Gasteiger partial charge on any atom is -0.339 e. The first-order valence-electron chi connectivity index (χ1n) is 12.3. The Morgan fingerprint density at radius 1 is 1.03 bits per heavy atom. The first-order valence-corrected chi connectivity index (χ1v) is 13.2. The number of rotatable bonds is 11. The van der Waals surface area contributed by atoms with Crippen molar-refractivity contribution >= 4 is 33.9 Å². The number of imidazole rings is 1. The van der Waals surface area contributed by atoms with Gasteiger partial charge in [-0.25, -0.2) is 4.98 Å². The van der Waals surface area contributed by atoms with E-state index in [1.807, 2.05) is 17.5 Å². The number of benzene rings is 2. The molecule has 0 aliphatic carbocycles. The van der Waals surface area contributed by atoms with Crippen LogP contribution in [0, 0.1) is 5.41 Å². The molecule has 0 amide bonds. The van der Waals surface area contributed by atoms with Crippen LogP contribution in [0.2, 0.25) is 0 Å². The van der Waals surface area contributed by atoms with E-state index in [4.69, 9.17) is 10.4 Å². The van der Waals surface area contributed by atoms with Crippen LogP contribution < -0.4 is 5.32 Å². The molecule has 0 aliphatic rings. The maximum atomic E-state index is 8.36. The Bertz CT molecular complexity index is 1200. The molecule has 0 fully saturated rings. The van der Waals surface area contributed by atoms with Crippen LogP contribution in [0.1, 0.15) is 49.0 Å². The molecule has 0 bridgehead atoms. The second-order valence-corrected chi connectivity index (χ2v) is 9.58. The highest BCUT2D eigenvalue weighted by Crippen LogP contribution is 2.24. The Morgan fingerprint density at radius 2 is 1.79 bits per heavy atom. The molecular weight excluding hydrogens is 438 g/mol. The average Bonchev–Trinajstić information content (AvgIpc) is 3.50. The molecule has 4 rings (SSSR count). The number of aromatic nitrogens is 2. The van der Waals surface area contributed by atoms with E-state index in [1.165, 1.54) is 17.5 Å². The number of thiophene rings is 1. The van der Waals surface area contributed by atoms with Gasteiger partial charge in [-0.15, -0.1) is 11.3 Å². The predicted octanol–water partition coefficient (Wildman–Crippen LogP) is 6.42. The van der Waals surface area contributed by atoms with Crippen molar-refractivity contribution < 1.29 is 0 Å². The van der Waals surface area contributed by atoms with E-state index in [-0.39, 0.29) is 0 Å². The zero-order valence-electron chi connectivity index (χ0n) is 20.5. The van der Waals surface area contributed by atoms with Crippen molar-refractivity contribution in [3.63, 3.8) is 0 Å². The van der Waals surface area contributed by atoms with Gasteiger partial charge in [-0.1, -0.05) is 57.5 Å². The van der Waals surface area contributed by atoms with E-state index < -0.39 is 0 Å². The van der Waals surface area contributed by atoms with Gasteiger partial charge in [0.1, 0.15) is 11.7 Å². The molecule has 2 aromatic heterocycles. The molecule has 0 saturated carbocycles. The number of likely N-dealkylation sites (N-methyl/N-ethyl adjacent to an activating group) is 1. The maximum absolute atomic E-state index is 8.36. The molecule has 2 heterocycles. The molecular formula is C28H35N5S. The number of fused-ring (bicyclic) bond motifs is 1. The van der Waals surface area contributed by atoms with Gasteiger partial charge < -0.3 is 14.8 Å². The van der Waals surface area contributed by atoms with Crippen molar-refractivity contribution in [3.8, 4) is 0 Å². The fourth-order valence-electron chi connectivity index (χ4n) is 4.34. The van der Waals surface area contributed by atoms with Crippen LogP contribution in [0.5, 0.6) is 0 Å². The number of nitrogens with one attached hydrogen (secondary N) is 2. The largest absolute Gasteiger partial charge is 0.339 e. The Labute approximate surface area is 207 Å². The number of nitrogens with zero attached hydrogens (tertiary/aromatic N) is 3. The zero-order valence-corrected chi connectivity index (χ0v) is 21.3. The van der Waals surface area contributed by atoms with Crippen LogP contribution in [0.25, 0.3) is 11.0 Å². The summed E-state index contributed by atoms with van der Waals surface area (Å²) < 4.78 is 2.38. The first kappa shape index (κ1) is 24.2. The standard InChI is InChI=1S/C28H35N5S/c1-4-8-21-10-12-22(13-11-21)19-27-31-24-20-23(30-28(29)26-9-7-18-34-26)14-15-25(24)33(27)17-16-32(5-2)6-3/h7,9-15,18,20H,4-6,8,16-17,19H2,1-3H3,(H2,29,30). The third-order valence-electron chi connectivity index (χ3n) is 6.32. The molecule has 0 atom stereocenters. The Hall–Kier alpha value is -2.96. The molecule has 34 heavy (non-hydrogen) atoms. The number of anilines is 1. The third-order valence-corrected chi connectivity index (χ3v) is 7.21. The second kappa shape index (κ2) is 11.4. The minimum absolute atomic E-state index is 0.419. The molecule has 178 valence electrons. The molecule has 2 aromatic carbocycles. The van der Waals surface area contributed by atoms with Gasteiger partial charge in [-0.2, -0.15) is 0 Å². The van der Waals surface area contributed by atoms with Gasteiger partial charge in [0.15, 0.2) is 0 Å². The van der Waals surface area contributed by atoms with E-state index in [9.17, 15) is 0 Å². The fourth-order valence-corrected chi connectivity index (χ4v) is 4.97. The summed E-state index contributed by atoms with van der Waals surface area (Å²) >= 11 is 1.57. The van der Waals surface area contributed by atoms with Crippen molar-refractivity contribution in [2.45, 2.75) is 46.6 Å². The highest BCUT2D eigenvalue weighted by Gasteiger charge is 2.14. The first-order chi connectivity index (χ1) is 16.6. The Kier molecular flexibility index (Phi) is 8.14. The van der Waals surface area contributed by atoms with Crippen LogP contribution in [0.3, 0.4) is 0 Å². The highest BCUT2D eigenvalue weighted by atomic mass is 32.1. The monoisotopic (exact) mass is 473 g/mol. The smallest absolute Gasteiger partial charge is 0.140 e. The van der Waals surface area contributed by atoms with Crippen LogP contribution in [-0.4, -0.2) is 39.9 Å². The lowest BCUT2D eigenvalue weighted by Gasteiger charge is -2.19. The molecule has 0 radical (unpaired) electrons. The van der Waals surface area contributed by atoms with Crippen LogP contribution in [-0.2, 0) is 19.4 Å². The SMILES string of the molecule is CCCc1ccc(Cc2nc3cc(NC(=N)c4cccs4)ccc3n2CCN(CC)CC)cc1. The number of hydrogen-bond donors (Lipinski definition) is 2. The summed E-state index contributed by atoms with van der Waals surface area (Å²) in [5.41, 5.74) is 5.70. The van der Waals surface area contributed by atoms with E-state index in [0.717, 1.165) is 66.4 Å². The highest BCUT2D eigenvalue weighted by molar-refractivity contribution is 7.12. The molecule has 6 heteroatoms. The van der Waals surface area contributed by atoms with Gasteiger partial charge in [-0.05, 0) is 60.3 Å². The van der Waals surface area contributed by atoms with Crippen LogP contribution in [0.4, 0.5) is 5.69 Å². The summed E-state index contributed by atoms with van der Waals surface area (Å²) in [5.74, 6) is 1.51. The predicted molar refractivity (Wildman–Crippen MR) is 146 cm³/mol. The van der Waals surface area contributed by atoms with Crippen molar-refractivity contribution in [1.82, 2.24) is 14.5 Å². The van der Waals surface area contributed by atoms with Gasteiger partial charge in [0, 0.05) is 25.2 Å². The Balaban J connectivity index is 1.62. The molecule has 2 N–H and O–H groups in total. The van der Waals surface area contributed by atoms with Gasteiger partial charge in [-0.3, -0.25) is 5.41 Å². The number of hydrogen-bond acceptors (Lipinski definition) is 4. The maximum Gasteiger partial charge on any atom is 0.140 e. The normalized spacial score (nSPS) is 11.4. The van der Waals surface area contributed by atoms with Crippen molar-refractivity contribution in [2.24, 2.45) is 0 Å². The quantitative estimate of drug-likeness (QED) is 0.195. The minimum atomic E-state index is 0.419. The van der Waals surface area contributed by atoms with Gasteiger partial charge >= 0.3 is 0 Å². The number of aryl methyl sites for hydroxylation is 1. The molecule has 0 aliphatic heterocycles. The third kappa shape index (κ3) is 5.75. The summed E-state index contributed by atoms with van der Waals surface area (Å²) in [7, 11) is 0. The lowest BCUT2D eigenvalue weighted by Crippen LogP contribution is -2.27. The van der Waals surface area contributed by atoms with E-state index in [0.29, 0.717) is 5.84 Å². The summed E-state index contributed by atoms with van der Waals surface area (Å²) in [6.45, 7) is 10.7. The average molecular weight is 474 g/mol. The Morgan fingerprint density at radius 3 is 2.47 bits per heavy atom. The van der Waals surface area contributed by atoms with Gasteiger partial charge in [0.05, 0.1) is 15.9 Å². The zero-order chi connectivity index (χ0) is 23.9.